The normalized spacial score (nSPS) is 16.5. The smallest absolute Gasteiger partial charge is 0.306 e. The summed E-state index contributed by atoms with van der Waals surface area (Å²) < 4.78 is 5.12. The molecule has 7 nitrogen and oxygen atoms in total. The molecule has 0 saturated carbocycles. The lowest BCUT2D eigenvalue weighted by Gasteiger charge is -2.29. The second-order valence-corrected chi connectivity index (χ2v) is 6.24. The number of likely N-dealkylation sites (tertiary alicyclic amines) is 1. The Morgan fingerprint density at radius 3 is 2.46 bits per heavy atom. The molecule has 0 bridgehead atoms. The van der Waals surface area contributed by atoms with Gasteiger partial charge >= 0.3 is 5.97 Å². The number of carbonyl (C=O) groups excluding carboxylic acids is 1. The van der Waals surface area contributed by atoms with Crippen LogP contribution in [0, 0.1) is 17.2 Å². The van der Waals surface area contributed by atoms with Crippen LogP contribution in [0.1, 0.15) is 31.4 Å². The predicted molar refractivity (Wildman–Crippen MR) is 95.2 cm³/mol. The molecule has 1 aromatic carbocycles. The van der Waals surface area contributed by atoms with Crippen molar-refractivity contribution in [3.63, 3.8) is 0 Å². The monoisotopic (exact) mass is 357 g/mol. The Labute approximate surface area is 152 Å². The zero-order chi connectivity index (χ0) is 19.1. The summed E-state index contributed by atoms with van der Waals surface area (Å²) in [6.07, 6.45) is 2.26. The zero-order valence-electron chi connectivity index (χ0n) is 14.9. The van der Waals surface area contributed by atoms with Crippen molar-refractivity contribution in [2.45, 2.75) is 25.8 Å². The molecule has 2 rings (SSSR count). The summed E-state index contributed by atoms with van der Waals surface area (Å²) in [4.78, 5) is 25.0. The van der Waals surface area contributed by atoms with Crippen LogP contribution in [0.4, 0.5) is 0 Å². The third-order valence-electron chi connectivity index (χ3n) is 4.58. The van der Waals surface area contributed by atoms with Crippen LogP contribution in [0.25, 0.3) is 0 Å². The van der Waals surface area contributed by atoms with Gasteiger partial charge in [0, 0.05) is 25.3 Å². The number of rotatable bonds is 6. The maximum atomic E-state index is 12.5. The number of methoxy groups -OCH3 is 1. The van der Waals surface area contributed by atoms with Crippen LogP contribution in [0.5, 0.6) is 5.75 Å². The highest BCUT2D eigenvalue weighted by molar-refractivity contribution is 5.97. The highest BCUT2D eigenvalue weighted by Gasteiger charge is 2.28. The molecule has 1 fully saturated rings. The van der Waals surface area contributed by atoms with Gasteiger partial charge in [-0.15, -0.1) is 0 Å². The first kappa shape index (κ1) is 19.3. The van der Waals surface area contributed by atoms with Crippen LogP contribution in [0.3, 0.4) is 0 Å². The Morgan fingerprint density at radius 2 is 1.96 bits per heavy atom. The van der Waals surface area contributed by atoms with Crippen LogP contribution in [0.15, 0.2) is 36.0 Å². The van der Waals surface area contributed by atoms with Crippen LogP contribution in [0.2, 0.25) is 0 Å². The van der Waals surface area contributed by atoms with E-state index in [4.69, 9.17) is 9.84 Å². The van der Waals surface area contributed by atoms with Gasteiger partial charge in [-0.3, -0.25) is 9.59 Å². The molecule has 7 heteroatoms. The number of carboxylic acids is 1. The highest BCUT2D eigenvalue weighted by atomic mass is 16.5. The highest BCUT2D eigenvalue weighted by Crippen LogP contribution is 2.20. The number of amides is 1. The van der Waals surface area contributed by atoms with E-state index in [-0.39, 0.29) is 17.5 Å². The molecular formula is C19H23N3O4. The predicted octanol–water partition coefficient (Wildman–Crippen LogP) is 2.08. The minimum Gasteiger partial charge on any atom is -0.497 e. The molecule has 1 atom stereocenters. The van der Waals surface area contributed by atoms with Crippen LogP contribution >= 0.6 is 0 Å². The molecule has 1 aliphatic heterocycles. The molecule has 138 valence electrons. The lowest BCUT2D eigenvalue weighted by atomic mass is 9.97. The van der Waals surface area contributed by atoms with E-state index in [1.807, 2.05) is 37.3 Å². The summed E-state index contributed by atoms with van der Waals surface area (Å²) in [5, 5.41) is 21.4. The number of hydrogen-bond acceptors (Lipinski definition) is 5. The van der Waals surface area contributed by atoms with Crippen molar-refractivity contribution in [1.82, 2.24) is 10.2 Å². The molecule has 1 aromatic rings. The Kier molecular flexibility index (Phi) is 6.61. The van der Waals surface area contributed by atoms with Gasteiger partial charge in [0.25, 0.3) is 5.91 Å². The van der Waals surface area contributed by atoms with Gasteiger partial charge in [-0.25, -0.2) is 0 Å². The van der Waals surface area contributed by atoms with Gasteiger partial charge in [0.15, 0.2) is 0 Å². The SMILES string of the molecule is COc1ccc(C(C)N/C=C(/C#N)C(=O)N2CCC(C(=O)O)CC2)cc1. The first-order valence-corrected chi connectivity index (χ1v) is 8.48. The summed E-state index contributed by atoms with van der Waals surface area (Å²) >= 11 is 0. The first-order chi connectivity index (χ1) is 12.5. The number of piperidine rings is 1. The van der Waals surface area contributed by atoms with Crippen molar-refractivity contribution in [3.8, 4) is 11.8 Å². The van der Waals surface area contributed by atoms with Gasteiger partial charge in [0.2, 0.25) is 0 Å². The van der Waals surface area contributed by atoms with Gasteiger partial charge in [0.1, 0.15) is 17.4 Å². The van der Waals surface area contributed by atoms with E-state index < -0.39 is 11.9 Å². The molecule has 0 aromatic heterocycles. The molecule has 26 heavy (non-hydrogen) atoms. The maximum absolute atomic E-state index is 12.5. The molecule has 2 N–H and O–H groups in total. The van der Waals surface area contributed by atoms with E-state index in [1.54, 1.807) is 7.11 Å². The Bertz CT molecular complexity index is 713. The largest absolute Gasteiger partial charge is 0.497 e. The van der Waals surface area contributed by atoms with E-state index in [1.165, 1.54) is 11.1 Å². The number of hydrogen-bond donors (Lipinski definition) is 2. The van der Waals surface area contributed by atoms with E-state index in [0.29, 0.717) is 25.9 Å². The Balaban J connectivity index is 1.97. The number of carboxylic acid groups (broad SMARTS) is 1. The molecule has 1 unspecified atom stereocenters. The van der Waals surface area contributed by atoms with E-state index in [0.717, 1.165) is 11.3 Å². The van der Waals surface area contributed by atoms with E-state index in [9.17, 15) is 14.9 Å². The second-order valence-electron chi connectivity index (χ2n) is 6.24. The van der Waals surface area contributed by atoms with E-state index in [2.05, 4.69) is 5.32 Å². The van der Waals surface area contributed by atoms with Crippen molar-refractivity contribution in [3.05, 3.63) is 41.6 Å². The second kappa shape index (κ2) is 8.90. The Hall–Kier alpha value is -3.01. The summed E-state index contributed by atoms with van der Waals surface area (Å²) in [6.45, 7) is 2.63. The minimum absolute atomic E-state index is 0.0131. The molecule has 0 spiro atoms. The van der Waals surface area contributed by atoms with Gasteiger partial charge in [-0.05, 0) is 37.5 Å². The van der Waals surface area contributed by atoms with Gasteiger partial charge < -0.3 is 20.1 Å². The summed E-state index contributed by atoms with van der Waals surface area (Å²) in [7, 11) is 1.60. The first-order valence-electron chi connectivity index (χ1n) is 8.48. The number of nitriles is 1. The van der Waals surface area contributed by atoms with Crippen molar-refractivity contribution in [2.75, 3.05) is 20.2 Å². The van der Waals surface area contributed by atoms with Crippen molar-refractivity contribution in [1.29, 1.82) is 5.26 Å². The third-order valence-corrected chi connectivity index (χ3v) is 4.58. The van der Waals surface area contributed by atoms with Crippen molar-refractivity contribution < 1.29 is 19.4 Å². The number of aliphatic carboxylic acids is 1. The quantitative estimate of drug-likeness (QED) is 0.597. The number of benzene rings is 1. The zero-order valence-corrected chi connectivity index (χ0v) is 14.9. The molecule has 1 heterocycles. The van der Waals surface area contributed by atoms with Gasteiger partial charge in [0.05, 0.1) is 13.0 Å². The van der Waals surface area contributed by atoms with Crippen molar-refractivity contribution >= 4 is 11.9 Å². The van der Waals surface area contributed by atoms with Gasteiger partial charge in [-0.2, -0.15) is 5.26 Å². The van der Waals surface area contributed by atoms with E-state index >= 15 is 0 Å². The Morgan fingerprint density at radius 1 is 1.35 bits per heavy atom. The van der Waals surface area contributed by atoms with Crippen LogP contribution < -0.4 is 10.1 Å². The topological polar surface area (TPSA) is 103 Å². The summed E-state index contributed by atoms with van der Waals surface area (Å²) in [6, 6.07) is 9.36. The molecule has 0 radical (unpaired) electrons. The molecule has 1 amide bonds. The van der Waals surface area contributed by atoms with Gasteiger partial charge in [-0.1, -0.05) is 12.1 Å². The maximum Gasteiger partial charge on any atom is 0.306 e. The molecule has 0 aliphatic carbocycles. The fourth-order valence-electron chi connectivity index (χ4n) is 2.84. The fraction of sp³-hybridized carbons (Fsp3) is 0.421. The lowest BCUT2D eigenvalue weighted by Crippen LogP contribution is -2.41. The summed E-state index contributed by atoms with van der Waals surface area (Å²) in [5.74, 6) is -0.857. The molecule has 1 saturated heterocycles. The number of ether oxygens (including phenoxy) is 1. The molecular weight excluding hydrogens is 334 g/mol. The average Bonchev–Trinajstić information content (AvgIpc) is 2.68. The third kappa shape index (κ3) is 4.76. The standard InChI is InChI=1S/C19H23N3O4/c1-13(14-3-5-17(26-2)6-4-14)21-12-16(11-20)18(23)22-9-7-15(8-10-22)19(24)25/h3-6,12-13,15,21H,7-10H2,1-2H3,(H,24,25)/b16-12-. The molecule has 1 aliphatic rings. The van der Waals surface area contributed by atoms with Crippen molar-refractivity contribution in [2.24, 2.45) is 5.92 Å². The van der Waals surface area contributed by atoms with Crippen LogP contribution in [-0.4, -0.2) is 42.1 Å². The average molecular weight is 357 g/mol. The number of nitrogens with zero attached hydrogens (tertiary/aromatic N) is 2. The lowest BCUT2D eigenvalue weighted by molar-refractivity contribution is -0.145. The number of carbonyl (C=O) groups is 2. The fourth-order valence-corrected chi connectivity index (χ4v) is 2.84. The number of nitrogens with one attached hydrogen (secondary N) is 1. The minimum atomic E-state index is -0.830. The summed E-state index contributed by atoms with van der Waals surface area (Å²) in [5.41, 5.74) is 1.01. The van der Waals surface area contributed by atoms with Crippen LogP contribution in [-0.2, 0) is 9.59 Å².